The molecule has 0 spiro atoms. The zero-order chi connectivity index (χ0) is 22.9. The Balaban J connectivity index is 1.72. The maximum absolute atomic E-state index is 11.6. The van der Waals surface area contributed by atoms with E-state index >= 15 is 0 Å². The van der Waals surface area contributed by atoms with E-state index in [9.17, 15) is 13.2 Å². The minimum Gasteiger partial charge on any atom is -0.493 e. The molecule has 2 aromatic carbocycles. The fourth-order valence-corrected chi connectivity index (χ4v) is 3.16. The van der Waals surface area contributed by atoms with Gasteiger partial charge in [-0.25, -0.2) is 13.6 Å². The number of ether oxygens (including phenoxy) is 2. The maximum Gasteiger partial charge on any atom is 0.306 e. The number of hydrogen-bond acceptors (Lipinski definition) is 5. The van der Waals surface area contributed by atoms with E-state index < -0.39 is 15.6 Å². The first-order valence-corrected chi connectivity index (χ1v) is 11.6. The summed E-state index contributed by atoms with van der Waals surface area (Å²) in [5.41, 5.74) is 1.38. The van der Waals surface area contributed by atoms with Crippen LogP contribution in [0.3, 0.4) is 0 Å². The third kappa shape index (κ3) is 9.69. The van der Waals surface area contributed by atoms with Crippen LogP contribution in [0.4, 0.5) is 0 Å². The van der Waals surface area contributed by atoms with Crippen LogP contribution in [-0.4, -0.2) is 26.6 Å². The molecule has 0 amide bonds. The van der Waals surface area contributed by atoms with Crippen LogP contribution in [0.2, 0.25) is 0 Å². The first kappa shape index (κ1) is 24.4. The van der Waals surface area contributed by atoms with Crippen LogP contribution in [0.1, 0.15) is 51.2 Å². The molecular formula is C24H29NO5S. The van der Waals surface area contributed by atoms with Gasteiger partial charge in [-0.3, -0.25) is 4.79 Å². The molecule has 0 aliphatic rings. The molecule has 0 heterocycles. The fourth-order valence-electron chi connectivity index (χ4n) is 2.65. The normalized spacial score (nSPS) is 11.4. The van der Waals surface area contributed by atoms with Crippen molar-refractivity contribution in [2.24, 2.45) is 5.14 Å². The largest absolute Gasteiger partial charge is 0.493 e. The topological polar surface area (TPSA) is 95.7 Å². The smallest absolute Gasteiger partial charge is 0.306 e. The van der Waals surface area contributed by atoms with E-state index in [2.05, 4.69) is 11.8 Å². The van der Waals surface area contributed by atoms with Crippen molar-refractivity contribution in [1.82, 2.24) is 0 Å². The van der Waals surface area contributed by atoms with Gasteiger partial charge in [0, 0.05) is 24.8 Å². The summed E-state index contributed by atoms with van der Waals surface area (Å²) in [6.45, 7) is 6.02. The van der Waals surface area contributed by atoms with Crippen molar-refractivity contribution in [2.75, 3.05) is 6.61 Å². The summed E-state index contributed by atoms with van der Waals surface area (Å²) in [5.74, 6) is 6.68. The van der Waals surface area contributed by atoms with E-state index in [1.54, 1.807) is 12.1 Å². The predicted molar refractivity (Wildman–Crippen MR) is 120 cm³/mol. The van der Waals surface area contributed by atoms with Gasteiger partial charge in [0.25, 0.3) is 0 Å². The second-order valence-corrected chi connectivity index (χ2v) is 9.61. The molecule has 6 nitrogen and oxygen atoms in total. The van der Waals surface area contributed by atoms with Gasteiger partial charge in [0.05, 0.1) is 11.5 Å². The summed E-state index contributed by atoms with van der Waals surface area (Å²) in [4.78, 5) is 11.7. The Morgan fingerprint density at radius 3 is 2.26 bits per heavy atom. The highest BCUT2D eigenvalue weighted by atomic mass is 32.2. The van der Waals surface area contributed by atoms with Crippen LogP contribution in [-0.2, 0) is 26.0 Å². The van der Waals surface area contributed by atoms with E-state index in [1.165, 1.54) is 12.1 Å². The molecule has 0 radical (unpaired) electrons. The van der Waals surface area contributed by atoms with E-state index in [-0.39, 0.29) is 10.9 Å². The highest BCUT2D eigenvalue weighted by Gasteiger charge is 2.15. The SMILES string of the molecule is CC(C)(C)OC(=O)CCCC#Cc1ccc(OCCc2ccc(S(N)(=O)=O)cc2)cc1. The number of nitrogens with two attached hydrogens (primary N) is 1. The molecule has 0 atom stereocenters. The first-order chi connectivity index (χ1) is 14.5. The number of carbonyl (C=O) groups excluding carboxylic acids is 1. The van der Waals surface area contributed by atoms with Gasteiger partial charge in [-0.15, -0.1) is 0 Å². The summed E-state index contributed by atoms with van der Waals surface area (Å²) in [6.07, 6.45) is 2.30. The molecule has 31 heavy (non-hydrogen) atoms. The van der Waals surface area contributed by atoms with Gasteiger partial charge in [0.15, 0.2) is 0 Å². The van der Waals surface area contributed by atoms with Crippen molar-refractivity contribution < 1.29 is 22.7 Å². The van der Waals surface area contributed by atoms with Gasteiger partial charge in [0.1, 0.15) is 11.4 Å². The van der Waals surface area contributed by atoms with Crippen molar-refractivity contribution in [3.05, 3.63) is 59.7 Å². The number of esters is 1. The van der Waals surface area contributed by atoms with E-state index in [0.717, 1.165) is 16.9 Å². The summed E-state index contributed by atoms with van der Waals surface area (Å²) in [5, 5.41) is 5.09. The standard InChI is InChI=1S/C24H29NO5S/c1-24(2,3)30-23(26)8-6-4-5-7-19-9-13-21(14-10-19)29-18-17-20-11-15-22(16-12-20)31(25,27)28/h9-16H,4,6,8,17-18H2,1-3H3,(H2,25,27,28). The minimum atomic E-state index is -3.67. The second kappa shape index (κ2) is 11.0. The number of unbranched alkanes of at least 4 members (excludes halogenated alkanes) is 1. The molecular weight excluding hydrogens is 414 g/mol. The highest BCUT2D eigenvalue weighted by molar-refractivity contribution is 7.89. The van der Waals surface area contributed by atoms with Gasteiger partial charge < -0.3 is 9.47 Å². The number of rotatable bonds is 8. The van der Waals surface area contributed by atoms with Gasteiger partial charge >= 0.3 is 5.97 Å². The minimum absolute atomic E-state index is 0.0960. The fraction of sp³-hybridized carbons (Fsp3) is 0.375. The number of primary sulfonamides is 1. The molecule has 0 aliphatic heterocycles. The van der Waals surface area contributed by atoms with Crippen LogP contribution in [0.25, 0.3) is 0 Å². The number of sulfonamides is 1. The Morgan fingerprint density at radius 1 is 1.03 bits per heavy atom. The van der Waals surface area contributed by atoms with Crippen molar-refractivity contribution in [3.8, 4) is 17.6 Å². The molecule has 7 heteroatoms. The Hall–Kier alpha value is -2.82. The van der Waals surface area contributed by atoms with Crippen LogP contribution in [0, 0.1) is 11.8 Å². The molecule has 0 unspecified atom stereocenters. The number of carbonyl (C=O) groups is 1. The maximum atomic E-state index is 11.6. The molecule has 2 aromatic rings. The quantitative estimate of drug-likeness (QED) is 0.380. The molecule has 0 saturated heterocycles. The van der Waals surface area contributed by atoms with Gasteiger partial charge in [-0.1, -0.05) is 24.0 Å². The third-order valence-electron chi connectivity index (χ3n) is 4.10. The third-order valence-corrected chi connectivity index (χ3v) is 5.03. The van der Waals surface area contributed by atoms with Gasteiger partial charge in [-0.05, 0) is 69.2 Å². The monoisotopic (exact) mass is 443 g/mol. The lowest BCUT2D eigenvalue weighted by molar-refractivity contribution is -0.154. The summed E-state index contributed by atoms with van der Waals surface area (Å²) in [6, 6.07) is 13.9. The zero-order valence-electron chi connectivity index (χ0n) is 18.2. The molecule has 0 fully saturated rings. The molecule has 0 aliphatic carbocycles. The van der Waals surface area contributed by atoms with Crippen molar-refractivity contribution in [3.63, 3.8) is 0 Å². The van der Waals surface area contributed by atoms with Gasteiger partial charge in [-0.2, -0.15) is 0 Å². The Bertz CT molecular complexity index is 1020. The van der Waals surface area contributed by atoms with Crippen LogP contribution in [0.5, 0.6) is 5.75 Å². The lowest BCUT2D eigenvalue weighted by atomic mass is 10.1. The average molecular weight is 444 g/mol. The van der Waals surface area contributed by atoms with E-state index in [0.29, 0.717) is 32.3 Å². The molecule has 166 valence electrons. The van der Waals surface area contributed by atoms with Crippen molar-refractivity contribution >= 4 is 16.0 Å². The molecule has 0 aromatic heterocycles. The summed E-state index contributed by atoms with van der Waals surface area (Å²) in [7, 11) is -3.67. The van der Waals surface area contributed by atoms with Crippen LogP contribution >= 0.6 is 0 Å². The van der Waals surface area contributed by atoms with Gasteiger partial charge in [0.2, 0.25) is 10.0 Å². The summed E-state index contributed by atoms with van der Waals surface area (Å²) >= 11 is 0. The Kier molecular flexibility index (Phi) is 8.66. The lowest BCUT2D eigenvalue weighted by Crippen LogP contribution is -2.23. The molecule has 0 bridgehead atoms. The lowest BCUT2D eigenvalue weighted by Gasteiger charge is -2.19. The summed E-state index contributed by atoms with van der Waals surface area (Å²) < 4.78 is 33.5. The van der Waals surface area contributed by atoms with Crippen LogP contribution < -0.4 is 9.88 Å². The van der Waals surface area contributed by atoms with Crippen molar-refractivity contribution in [2.45, 2.75) is 57.0 Å². The molecule has 0 saturated carbocycles. The zero-order valence-corrected chi connectivity index (χ0v) is 19.0. The van der Waals surface area contributed by atoms with Crippen LogP contribution in [0.15, 0.2) is 53.4 Å². The predicted octanol–water partition coefficient (Wildman–Crippen LogP) is 3.82. The second-order valence-electron chi connectivity index (χ2n) is 8.05. The van der Waals surface area contributed by atoms with E-state index in [4.69, 9.17) is 14.6 Å². The molecule has 2 rings (SSSR count). The number of benzene rings is 2. The highest BCUT2D eigenvalue weighted by Crippen LogP contribution is 2.14. The average Bonchev–Trinajstić information content (AvgIpc) is 2.67. The Morgan fingerprint density at radius 2 is 1.68 bits per heavy atom. The first-order valence-electron chi connectivity index (χ1n) is 10.1. The van der Waals surface area contributed by atoms with Crippen molar-refractivity contribution in [1.29, 1.82) is 0 Å². The Labute approximate surface area is 184 Å². The number of hydrogen-bond donors (Lipinski definition) is 1. The van der Waals surface area contributed by atoms with E-state index in [1.807, 2.05) is 45.0 Å². The molecule has 2 N–H and O–H groups in total.